The molecule has 0 radical (unpaired) electrons. The van der Waals surface area contributed by atoms with E-state index in [0.717, 1.165) is 6.42 Å². The average molecular weight is 359 g/mol. The van der Waals surface area contributed by atoms with E-state index in [0.29, 0.717) is 0 Å². The number of carbonyl (C=O) groups is 1. The molecule has 0 spiro atoms. The van der Waals surface area contributed by atoms with Crippen molar-refractivity contribution in [1.82, 2.24) is 0 Å². The Morgan fingerprint density at radius 3 is 2.67 bits per heavy atom. The number of hydrogen-bond donors (Lipinski definition) is 1. The molecule has 2 unspecified atom stereocenters. The van der Waals surface area contributed by atoms with Crippen LogP contribution in [-0.2, 0) is 11.2 Å². The molecule has 1 aromatic carbocycles. The van der Waals surface area contributed by atoms with E-state index < -0.39 is 6.09 Å². The number of rotatable bonds is 1. The van der Waals surface area contributed by atoms with E-state index >= 15 is 0 Å². The van der Waals surface area contributed by atoms with Crippen LogP contribution in [0.5, 0.6) is 0 Å². The van der Waals surface area contributed by atoms with E-state index in [2.05, 4.69) is 61.6 Å². The van der Waals surface area contributed by atoms with E-state index in [4.69, 9.17) is 10.5 Å². The van der Waals surface area contributed by atoms with Crippen LogP contribution in [0.1, 0.15) is 37.8 Å². The summed E-state index contributed by atoms with van der Waals surface area (Å²) >= 11 is 2.30. The molecule has 18 heavy (non-hydrogen) atoms. The van der Waals surface area contributed by atoms with Crippen LogP contribution >= 0.6 is 22.6 Å². The van der Waals surface area contributed by atoms with E-state index in [1.54, 1.807) is 0 Å². The van der Waals surface area contributed by atoms with E-state index in [1.165, 1.54) is 14.7 Å². The molecule has 1 aromatic rings. The van der Waals surface area contributed by atoms with Gasteiger partial charge >= 0.3 is 6.09 Å². The second kappa shape index (κ2) is 4.72. The van der Waals surface area contributed by atoms with Crippen LogP contribution in [0.15, 0.2) is 18.2 Å². The topological polar surface area (TPSA) is 52.3 Å². The molecule has 1 aliphatic rings. The maximum absolute atomic E-state index is 11.0. The molecular weight excluding hydrogens is 341 g/mol. The van der Waals surface area contributed by atoms with Crippen molar-refractivity contribution in [1.29, 1.82) is 0 Å². The second-order valence-corrected chi connectivity index (χ2v) is 7.11. The number of primary amides is 1. The lowest BCUT2D eigenvalue weighted by Crippen LogP contribution is -2.32. The van der Waals surface area contributed by atoms with Crippen LogP contribution in [0, 0.1) is 8.99 Å². The van der Waals surface area contributed by atoms with Gasteiger partial charge in [0, 0.05) is 15.9 Å². The number of fused-ring (bicyclic) bond motifs is 1. The first kappa shape index (κ1) is 13.6. The first-order valence-electron chi connectivity index (χ1n) is 6.03. The third-order valence-electron chi connectivity index (χ3n) is 3.43. The van der Waals surface area contributed by atoms with Crippen molar-refractivity contribution < 1.29 is 9.53 Å². The van der Waals surface area contributed by atoms with E-state index in [9.17, 15) is 4.79 Å². The van der Waals surface area contributed by atoms with Gasteiger partial charge in [0.2, 0.25) is 0 Å². The maximum atomic E-state index is 11.0. The van der Waals surface area contributed by atoms with Gasteiger partial charge in [-0.15, -0.1) is 0 Å². The highest BCUT2D eigenvalue weighted by atomic mass is 127. The molecule has 0 heterocycles. The molecule has 2 atom stereocenters. The number of nitrogens with two attached hydrogens (primary N) is 1. The van der Waals surface area contributed by atoms with Crippen molar-refractivity contribution in [3.05, 3.63) is 32.9 Å². The summed E-state index contributed by atoms with van der Waals surface area (Å²) in [5.74, 6) is 0.206. The van der Waals surface area contributed by atoms with Crippen molar-refractivity contribution >= 4 is 28.7 Å². The second-order valence-electron chi connectivity index (χ2n) is 5.87. The minimum atomic E-state index is -0.684. The van der Waals surface area contributed by atoms with Crippen LogP contribution in [0.3, 0.4) is 0 Å². The van der Waals surface area contributed by atoms with Gasteiger partial charge in [-0.2, -0.15) is 0 Å². The van der Waals surface area contributed by atoms with Crippen molar-refractivity contribution in [2.24, 2.45) is 11.1 Å². The van der Waals surface area contributed by atoms with Crippen molar-refractivity contribution in [2.45, 2.75) is 39.2 Å². The Balaban J connectivity index is 2.40. The zero-order valence-corrected chi connectivity index (χ0v) is 13.0. The predicted molar refractivity (Wildman–Crippen MR) is 79.5 cm³/mol. The summed E-state index contributed by atoms with van der Waals surface area (Å²) in [5.41, 5.74) is 7.78. The van der Waals surface area contributed by atoms with Gasteiger partial charge in [0.05, 0.1) is 0 Å². The fourth-order valence-electron chi connectivity index (χ4n) is 2.87. The number of halogens is 1. The first-order chi connectivity index (χ1) is 8.29. The van der Waals surface area contributed by atoms with Gasteiger partial charge in [-0.3, -0.25) is 0 Å². The molecule has 0 saturated carbocycles. The maximum Gasteiger partial charge on any atom is 0.404 e. The van der Waals surface area contributed by atoms with Crippen LogP contribution in [-0.4, -0.2) is 12.2 Å². The van der Waals surface area contributed by atoms with Crippen LogP contribution < -0.4 is 5.73 Å². The number of amides is 1. The van der Waals surface area contributed by atoms with Crippen molar-refractivity contribution in [3.63, 3.8) is 0 Å². The van der Waals surface area contributed by atoms with Crippen molar-refractivity contribution in [2.75, 3.05) is 0 Å². The predicted octanol–water partition coefficient (Wildman–Crippen LogP) is 3.44. The Labute approximate surface area is 121 Å². The normalized spacial score (nSPS) is 22.7. The summed E-state index contributed by atoms with van der Waals surface area (Å²) in [6, 6.07) is 6.42. The van der Waals surface area contributed by atoms with Crippen molar-refractivity contribution in [3.8, 4) is 0 Å². The van der Waals surface area contributed by atoms with Gasteiger partial charge in [-0.05, 0) is 51.3 Å². The van der Waals surface area contributed by atoms with Gasteiger partial charge in [0.25, 0.3) is 0 Å². The monoisotopic (exact) mass is 359 g/mol. The number of hydrogen-bond acceptors (Lipinski definition) is 2. The summed E-state index contributed by atoms with van der Waals surface area (Å²) < 4.78 is 6.52. The molecule has 0 aromatic heterocycles. The third kappa shape index (κ3) is 2.63. The summed E-state index contributed by atoms with van der Waals surface area (Å²) in [5, 5.41) is 0. The Bertz CT molecular complexity index is 479. The molecule has 0 saturated heterocycles. The summed E-state index contributed by atoms with van der Waals surface area (Å²) in [6.07, 6.45) is -0.0655. The fraction of sp³-hybridized carbons (Fsp3) is 0.500. The largest absolute Gasteiger partial charge is 0.445 e. The minimum absolute atomic E-state index is 0.0398. The lowest BCUT2D eigenvalue weighted by molar-refractivity contribution is 0.0685. The Morgan fingerprint density at radius 2 is 2.11 bits per heavy atom. The zero-order valence-electron chi connectivity index (χ0n) is 10.9. The number of benzene rings is 1. The van der Waals surface area contributed by atoms with Gasteiger partial charge in [-0.1, -0.05) is 26.8 Å². The van der Waals surface area contributed by atoms with Gasteiger partial charge in [-0.25, -0.2) is 4.79 Å². The SMILES string of the molecule is CC(C)(C)C1c2ccc(I)cc2CC1OC(N)=O. The Morgan fingerprint density at radius 1 is 1.44 bits per heavy atom. The van der Waals surface area contributed by atoms with Crippen LogP contribution in [0.25, 0.3) is 0 Å². The summed E-state index contributed by atoms with van der Waals surface area (Å²) in [6.45, 7) is 6.51. The number of ether oxygens (including phenoxy) is 1. The van der Waals surface area contributed by atoms with E-state index in [1.807, 2.05) is 0 Å². The highest BCUT2D eigenvalue weighted by molar-refractivity contribution is 14.1. The lowest BCUT2D eigenvalue weighted by Gasteiger charge is -2.32. The standard InChI is InChI=1S/C14H18INO2/c1-14(2,3)12-10-5-4-9(15)6-8(10)7-11(12)18-13(16)17/h4-6,11-12H,7H2,1-3H3,(H2,16,17). The summed E-state index contributed by atoms with van der Waals surface area (Å²) in [4.78, 5) is 11.0. The lowest BCUT2D eigenvalue weighted by atomic mass is 9.76. The molecule has 1 aliphatic carbocycles. The molecule has 0 fully saturated rings. The fourth-order valence-corrected chi connectivity index (χ4v) is 3.43. The molecule has 1 amide bonds. The van der Waals surface area contributed by atoms with Gasteiger partial charge in [0.15, 0.2) is 0 Å². The van der Waals surface area contributed by atoms with Gasteiger partial charge in [0.1, 0.15) is 6.10 Å². The molecule has 4 heteroatoms. The molecule has 2 N–H and O–H groups in total. The smallest absolute Gasteiger partial charge is 0.404 e. The summed E-state index contributed by atoms with van der Waals surface area (Å²) in [7, 11) is 0. The van der Waals surface area contributed by atoms with Crippen LogP contribution in [0.4, 0.5) is 4.79 Å². The molecule has 0 bridgehead atoms. The Hall–Kier alpha value is -0.780. The highest BCUT2D eigenvalue weighted by Gasteiger charge is 2.41. The van der Waals surface area contributed by atoms with Crippen LogP contribution in [0.2, 0.25) is 0 Å². The van der Waals surface area contributed by atoms with Gasteiger partial charge < -0.3 is 10.5 Å². The van der Waals surface area contributed by atoms with E-state index in [-0.39, 0.29) is 17.4 Å². The minimum Gasteiger partial charge on any atom is -0.445 e. The quantitative estimate of drug-likeness (QED) is 0.781. The molecule has 98 valence electrons. The first-order valence-corrected chi connectivity index (χ1v) is 7.11. The highest BCUT2D eigenvalue weighted by Crippen LogP contribution is 2.46. The zero-order chi connectivity index (χ0) is 13.5. The molecule has 0 aliphatic heterocycles. The number of carbonyl (C=O) groups excluding carboxylic acids is 1. The molecular formula is C14H18INO2. The molecule has 2 rings (SSSR count). The Kier molecular flexibility index (Phi) is 3.58. The average Bonchev–Trinajstić information content (AvgIpc) is 2.52. The third-order valence-corrected chi connectivity index (χ3v) is 4.10. The molecule has 3 nitrogen and oxygen atoms in total.